The molecule has 1 aliphatic rings. The third-order valence-electron chi connectivity index (χ3n) is 4.56. The van der Waals surface area contributed by atoms with Crippen LogP contribution in [0.25, 0.3) is 0 Å². The number of amides is 1. The molecule has 1 aromatic rings. The van der Waals surface area contributed by atoms with E-state index >= 15 is 0 Å². The molecule has 5 heteroatoms. The molecule has 1 aliphatic heterocycles. The van der Waals surface area contributed by atoms with Crippen LogP contribution in [0, 0.1) is 11.3 Å². The van der Waals surface area contributed by atoms with Crippen molar-refractivity contribution in [3.05, 3.63) is 35.9 Å². The summed E-state index contributed by atoms with van der Waals surface area (Å²) in [7, 11) is 0. The minimum Gasteiger partial charge on any atom is -0.335 e. The second-order valence-electron chi connectivity index (χ2n) is 5.98. The summed E-state index contributed by atoms with van der Waals surface area (Å²) in [4.78, 5) is 24.6. The first-order valence-corrected chi connectivity index (χ1v) is 7.71. The number of carbonyl (C=O) groups excluding carboxylic acids is 1. The maximum absolute atomic E-state index is 13.4. The summed E-state index contributed by atoms with van der Waals surface area (Å²) in [6, 6.07) is 9.69. The average molecular weight is 309 g/mol. The average Bonchev–Trinajstić information content (AvgIpc) is 2.80. The van der Waals surface area contributed by atoms with Crippen LogP contribution in [0.4, 0.5) is 4.39 Å². The Morgan fingerprint density at radius 3 is 2.64 bits per heavy atom. The van der Waals surface area contributed by atoms with Gasteiger partial charge in [-0.05, 0) is 26.3 Å². The number of halogens is 1. The minimum atomic E-state index is -0.882. The van der Waals surface area contributed by atoms with E-state index in [1.54, 1.807) is 18.7 Å². The molecule has 1 fully saturated rings. The van der Waals surface area contributed by atoms with Crippen LogP contribution in [-0.4, -0.2) is 37.2 Å². The lowest BCUT2D eigenvalue weighted by atomic mass is 9.81. The van der Waals surface area contributed by atoms with Gasteiger partial charge in [-0.25, -0.2) is 9.78 Å². The Balaban J connectivity index is 2.16. The number of benzene rings is 1. The van der Waals surface area contributed by atoms with E-state index < -0.39 is 12.1 Å². The predicted octanol–water partition coefficient (Wildman–Crippen LogP) is 3.15. The summed E-state index contributed by atoms with van der Waals surface area (Å²) in [5.74, 6) is -0.460. The Morgan fingerprint density at radius 1 is 1.36 bits per heavy atom. The maximum Gasteiger partial charge on any atom is 0.231 e. The second kappa shape index (κ2) is 7.20. The Hall–Kier alpha value is -1.46. The number of hydrogen-bond acceptors (Lipinski definition) is 3. The van der Waals surface area contributed by atoms with Crippen LogP contribution in [-0.2, 0) is 14.6 Å². The molecule has 0 aromatic heterocycles. The summed E-state index contributed by atoms with van der Waals surface area (Å²) in [5, 5.41) is 0. The van der Waals surface area contributed by atoms with Crippen molar-refractivity contribution in [3.8, 4) is 0 Å². The third-order valence-corrected chi connectivity index (χ3v) is 4.56. The molecule has 3 atom stereocenters. The van der Waals surface area contributed by atoms with E-state index in [9.17, 15) is 9.18 Å². The fraction of sp³-hybridized carbons (Fsp3) is 0.588. The van der Waals surface area contributed by atoms with Gasteiger partial charge in [0.05, 0.1) is 31.3 Å². The number of hydrogen-bond donors (Lipinski definition) is 0. The zero-order chi connectivity index (χ0) is 16.2. The van der Waals surface area contributed by atoms with Crippen molar-refractivity contribution in [1.82, 2.24) is 4.90 Å². The lowest BCUT2D eigenvalue weighted by Crippen LogP contribution is -2.39. The fourth-order valence-electron chi connectivity index (χ4n) is 2.92. The highest BCUT2D eigenvalue weighted by Crippen LogP contribution is 2.41. The van der Waals surface area contributed by atoms with E-state index in [-0.39, 0.29) is 24.5 Å². The second-order valence-corrected chi connectivity index (χ2v) is 5.98. The van der Waals surface area contributed by atoms with Crippen molar-refractivity contribution in [3.63, 3.8) is 0 Å². The highest BCUT2D eigenvalue weighted by molar-refractivity contribution is 5.85. The molecule has 0 spiro atoms. The highest BCUT2D eigenvalue weighted by atomic mass is 19.1. The molecule has 1 heterocycles. The SMILES string of the molecule is CCOOC[C@]1(C)C(=O)N([C@H](C)c2ccccc2)C[C@@H]1CF. The number of alkyl halides is 1. The van der Waals surface area contributed by atoms with Crippen LogP contribution in [0.15, 0.2) is 30.3 Å². The quantitative estimate of drug-likeness (QED) is 0.441. The molecule has 0 aliphatic carbocycles. The lowest BCUT2D eigenvalue weighted by molar-refractivity contribution is -0.305. The molecule has 2 rings (SSSR count). The van der Waals surface area contributed by atoms with Crippen molar-refractivity contribution < 1.29 is 19.0 Å². The largest absolute Gasteiger partial charge is 0.335 e. The van der Waals surface area contributed by atoms with Gasteiger partial charge >= 0.3 is 0 Å². The van der Waals surface area contributed by atoms with Gasteiger partial charge in [-0.2, -0.15) is 0 Å². The molecule has 1 amide bonds. The van der Waals surface area contributed by atoms with Gasteiger partial charge in [-0.3, -0.25) is 9.18 Å². The molecule has 0 saturated carbocycles. The summed E-state index contributed by atoms with van der Waals surface area (Å²) >= 11 is 0. The first-order valence-electron chi connectivity index (χ1n) is 7.71. The molecule has 4 nitrogen and oxygen atoms in total. The van der Waals surface area contributed by atoms with Gasteiger partial charge in [0.15, 0.2) is 0 Å². The topological polar surface area (TPSA) is 38.8 Å². The molecular formula is C17H24FNO3. The summed E-state index contributed by atoms with van der Waals surface area (Å²) in [6.45, 7) is 5.86. The standard InChI is InChI=1S/C17H24FNO3/c1-4-21-22-12-17(3)15(10-18)11-19(16(17)20)13(2)14-8-6-5-7-9-14/h5-9,13,15H,4,10-12H2,1-3H3/t13-,15+,17+/m1/s1. The van der Waals surface area contributed by atoms with E-state index in [0.29, 0.717) is 13.2 Å². The maximum atomic E-state index is 13.4. The van der Waals surface area contributed by atoms with Crippen molar-refractivity contribution in [2.75, 3.05) is 26.4 Å². The molecule has 122 valence electrons. The number of nitrogens with zero attached hydrogens (tertiary/aromatic N) is 1. The zero-order valence-electron chi connectivity index (χ0n) is 13.4. The third kappa shape index (κ3) is 3.15. The Kier molecular flexibility index (Phi) is 5.53. The first kappa shape index (κ1) is 16.9. The van der Waals surface area contributed by atoms with Crippen LogP contribution in [0.3, 0.4) is 0 Å². The fourth-order valence-corrected chi connectivity index (χ4v) is 2.92. The molecule has 22 heavy (non-hydrogen) atoms. The van der Waals surface area contributed by atoms with E-state index in [4.69, 9.17) is 9.78 Å². The van der Waals surface area contributed by atoms with Crippen LogP contribution in [0.1, 0.15) is 32.4 Å². The van der Waals surface area contributed by atoms with Crippen molar-refractivity contribution >= 4 is 5.91 Å². The first-order chi connectivity index (χ1) is 10.5. The van der Waals surface area contributed by atoms with Gasteiger partial charge < -0.3 is 4.90 Å². The molecule has 0 N–H and O–H groups in total. The number of carbonyl (C=O) groups is 1. The van der Waals surface area contributed by atoms with Gasteiger partial charge in [0, 0.05) is 12.5 Å². The number of likely N-dealkylation sites (tertiary alicyclic amines) is 1. The van der Waals surface area contributed by atoms with E-state index in [1.807, 2.05) is 37.3 Å². The minimum absolute atomic E-state index is 0.0757. The van der Waals surface area contributed by atoms with E-state index in [0.717, 1.165) is 5.56 Å². The molecule has 0 bridgehead atoms. The van der Waals surface area contributed by atoms with Crippen LogP contribution >= 0.6 is 0 Å². The van der Waals surface area contributed by atoms with E-state index in [1.165, 1.54) is 0 Å². The normalized spacial score (nSPS) is 26.5. The Labute approximate surface area is 131 Å². The summed E-state index contributed by atoms with van der Waals surface area (Å²) in [5.41, 5.74) is 0.163. The monoisotopic (exact) mass is 309 g/mol. The van der Waals surface area contributed by atoms with Crippen LogP contribution < -0.4 is 0 Å². The van der Waals surface area contributed by atoms with Crippen molar-refractivity contribution in [2.24, 2.45) is 11.3 Å². The number of rotatable bonds is 7. The smallest absolute Gasteiger partial charge is 0.231 e. The van der Waals surface area contributed by atoms with Crippen molar-refractivity contribution in [1.29, 1.82) is 0 Å². The molecule has 1 saturated heterocycles. The van der Waals surface area contributed by atoms with Crippen LogP contribution in [0.2, 0.25) is 0 Å². The van der Waals surface area contributed by atoms with Gasteiger partial charge in [-0.15, -0.1) is 0 Å². The summed E-state index contributed by atoms with van der Waals surface area (Å²) < 4.78 is 13.4. The van der Waals surface area contributed by atoms with Crippen molar-refractivity contribution in [2.45, 2.75) is 26.8 Å². The molecule has 1 aromatic carbocycles. The Morgan fingerprint density at radius 2 is 2.05 bits per heavy atom. The molecular weight excluding hydrogens is 285 g/mol. The van der Waals surface area contributed by atoms with E-state index in [2.05, 4.69) is 0 Å². The van der Waals surface area contributed by atoms with Gasteiger partial charge in [-0.1, -0.05) is 30.3 Å². The predicted molar refractivity (Wildman–Crippen MR) is 81.7 cm³/mol. The molecule has 0 unspecified atom stereocenters. The Bertz CT molecular complexity index is 496. The highest BCUT2D eigenvalue weighted by Gasteiger charge is 2.52. The van der Waals surface area contributed by atoms with Gasteiger partial charge in [0.25, 0.3) is 0 Å². The van der Waals surface area contributed by atoms with Gasteiger partial charge in [0.2, 0.25) is 5.91 Å². The van der Waals surface area contributed by atoms with Crippen LogP contribution in [0.5, 0.6) is 0 Å². The zero-order valence-corrected chi connectivity index (χ0v) is 13.4. The summed E-state index contributed by atoms with van der Waals surface area (Å²) in [6.07, 6.45) is 0. The van der Waals surface area contributed by atoms with Gasteiger partial charge in [0.1, 0.15) is 0 Å². The lowest BCUT2D eigenvalue weighted by Gasteiger charge is -2.28. The molecule has 0 radical (unpaired) electrons.